The summed E-state index contributed by atoms with van der Waals surface area (Å²) < 4.78 is 19.8. The Morgan fingerprint density at radius 1 is 1.48 bits per heavy atom. The van der Waals surface area contributed by atoms with Crippen molar-refractivity contribution in [2.45, 2.75) is 6.10 Å². The molecule has 2 aliphatic heterocycles. The van der Waals surface area contributed by atoms with Crippen molar-refractivity contribution in [1.29, 1.82) is 5.26 Å². The monoisotopic (exact) mass is 346 g/mol. The molecule has 1 fully saturated rings. The van der Waals surface area contributed by atoms with E-state index in [9.17, 15) is 9.18 Å². The van der Waals surface area contributed by atoms with Crippen LogP contribution in [0.3, 0.4) is 0 Å². The average molecular weight is 346 g/mol. The molecule has 1 aromatic carbocycles. The minimum atomic E-state index is -0.473. The number of ether oxygens (including phenoxy) is 1. The topological polar surface area (TPSA) is 84.2 Å². The molecular weight excluding hydrogens is 327 g/mol. The molecule has 9 heteroatoms. The predicted molar refractivity (Wildman–Crippen MR) is 91.0 cm³/mol. The maximum absolute atomic E-state index is 14.5. The Kier molecular flexibility index (Phi) is 5.00. The van der Waals surface area contributed by atoms with E-state index >= 15 is 0 Å². The van der Waals surface area contributed by atoms with E-state index in [-0.39, 0.29) is 12.6 Å². The molecule has 0 aromatic heterocycles. The Balaban J connectivity index is 1.73. The van der Waals surface area contributed by atoms with Gasteiger partial charge < -0.3 is 15.0 Å². The second-order valence-electron chi connectivity index (χ2n) is 5.78. The molecule has 2 heterocycles. The van der Waals surface area contributed by atoms with Crippen molar-refractivity contribution in [2.75, 3.05) is 49.6 Å². The van der Waals surface area contributed by atoms with E-state index in [1.165, 1.54) is 17.3 Å². The van der Waals surface area contributed by atoms with Gasteiger partial charge in [0.05, 0.1) is 30.5 Å². The molecule has 1 saturated heterocycles. The first kappa shape index (κ1) is 17.0. The van der Waals surface area contributed by atoms with E-state index in [0.29, 0.717) is 37.6 Å². The zero-order chi connectivity index (χ0) is 17.8. The first-order valence-corrected chi connectivity index (χ1v) is 7.97. The smallest absolute Gasteiger partial charge is 0.414 e. The number of nitriles is 1. The summed E-state index contributed by atoms with van der Waals surface area (Å²) >= 11 is 0. The van der Waals surface area contributed by atoms with E-state index in [4.69, 9.17) is 10.00 Å². The number of carbonyl (C=O) groups is 1. The second-order valence-corrected chi connectivity index (χ2v) is 5.78. The molecule has 0 bridgehead atoms. The number of halogens is 1. The van der Waals surface area contributed by atoms with Gasteiger partial charge in [0.2, 0.25) is 0 Å². The molecule has 25 heavy (non-hydrogen) atoms. The number of benzene rings is 1. The van der Waals surface area contributed by atoms with E-state index in [2.05, 4.69) is 10.4 Å². The third kappa shape index (κ3) is 3.64. The van der Waals surface area contributed by atoms with Crippen molar-refractivity contribution in [3.05, 3.63) is 24.0 Å². The van der Waals surface area contributed by atoms with Gasteiger partial charge >= 0.3 is 6.09 Å². The number of nitrogens with zero attached hydrogens (tertiary/aromatic N) is 5. The van der Waals surface area contributed by atoms with Crippen LogP contribution in [0, 0.1) is 17.1 Å². The van der Waals surface area contributed by atoms with Gasteiger partial charge in [-0.05, 0) is 25.2 Å². The fourth-order valence-electron chi connectivity index (χ4n) is 2.82. The Bertz CT molecular complexity index is 719. The van der Waals surface area contributed by atoms with Crippen LogP contribution in [0.25, 0.3) is 0 Å². The highest BCUT2D eigenvalue weighted by Crippen LogP contribution is 2.28. The number of nitrogens with one attached hydrogen (secondary N) is 1. The number of hydrazone groups is 1. The van der Waals surface area contributed by atoms with Crippen molar-refractivity contribution < 1.29 is 13.9 Å². The largest absolute Gasteiger partial charge is 0.443 e. The number of carbonyl (C=O) groups excluding carboxylic acids is 1. The van der Waals surface area contributed by atoms with Crippen LogP contribution in [0.1, 0.15) is 0 Å². The molecule has 2 aliphatic rings. The van der Waals surface area contributed by atoms with Crippen LogP contribution >= 0.6 is 0 Å². The Labute approximate surface area is 145 Å². The first-order valence-electron chi connectivity index (χ1n) is 7.97. The van der Waals surface area contributed by atoms with Crippen molar-refractivity contribution in [1.82, 2.24) is 10.3 Å². The van der Waals surface area contributed by atoms with E-state index in [1.807, 2.05) is 6.07 Å². The number of likely N-dealkylation sites (N-methyl/N-ethyl adjacent to an activating group) is 1. The van der Waals surface area contributed by atoms with Crippen molar-refractivity contribution in [3.63, 3.8) is 0 Å². The number of cyclic esters (lactones) is 1. The van der Waals surface area contributed by atoms with Crippen LogP contribution in [0.2, 0.25) is 0 Å². The number of hydrogen-bond acceptors (Lipinski definition) is 7. The van der Waals surface area contributed by atoms with Gasteiger partial charge in [0.1, 0.15) is 24.8 Å². The quantitative estimate of drug-likeness (QED) is 0.800. The molecule has 8 nitrogen and oxygen atoms in total. The van der Waals surface area contributed by atoms with Gasteiger partial charge in [0.15, 0.2) is 0 Å². The van der Waals surface area contributed by atoms with E-state index in [0.717, 1.165) is 0 Å². The lowest BCUT2D eigenvalue weighted by Gasteiger charge is -2.29. The number of rotatable bonds is 5. The minimum Gasteiger partial charge on any atom is -0.443 e. The molecule has 1 atom stereocenters. The SMILES string of the molecule is CNCC1CN(c2ccc(N3C=NN(CC#N)CC3)c(F)c2)C(=O)O1. The van der Waals surface area contributed by atoms with Gasteiger partial charge in [0, 0.05) is 13.1 Å². The first-order chi connectivity index (χ1) is 12.1. The zero-order valence-electron chi connectivity index (χ0n) is 13.9. The molecule has 1 aromatic rings. The molecular formula is C16H19FN6O2. The standard InChI is InChI=1S/C16H19FN6O2/c1-19-9-13-10-23(16(24)25-13)12-2-3-15(14(17)8-12)21-6-7-22(5-4-18)20-11-21/h2-3,8,11,13,19H,5-7,9-10H2,1H3. The summed E-state index contributed by atoms with van der Waals surface area (Å²) in [5.74, 6) is -0.442. The van der Waals surface area contributed by atoms with Gasteiger partial charge in [0.25, 0.3) is 0 Å². The summed E-state index contributed by atoms with van der Waals surface area (Å²) in [7, 11) is 1.78. The van der Waals surface area contributed by atoms with Crippen molar-refractivity contribution >= 4 is 23.8 Å². The Hall–Kier alpha value is -2.86. The van der Waals surface area contributed by atoms with E-state index < -0.39 is 11.9 Å². The van der Waals surface area contributed by atoms with Crippen LogP contribution in [-0.4, -0.2) is 63.3 Å². The molecule has 1 unspecified atom stereocenters. The molecule has 3 rings (SSSR count). The highest BCUT2D eigenvalue weighted by atomic mass is 19.1. The molecule has 0 aliphatic carbocycles. The number of amides is 1. The summed E-state index contributed by atoms with van der Waals surface area (Å²) in [6.07, 6.45) is 0.783. The lowest BCUT2D eigenvalue weighted by Crippen LogP contribution is -2.38. The summed E-state index contributed by atoms with van der Waals surface area (Å²) in [6, 6.07) is 6.66. The second kappa shape index (κ2) is 7.36. The molecule has 0 saturated carbocycles. The van der Waals surface area contributed by atoms with Crippen molar-refractivity contribution in [2.24, 2.45) is 5.10 Å². The fourth-order valence-corrected chi connectivity index (χ4v) is 2.82. The summed E-state index contributed by atoms with van der Waals surface area (Å²) in [5.41, 5.74) is 0.841. The zero-order valence-corrected chi connectivity index (χ0v) is 13.9. The Morgan fingerprint density at radius 2 is 2.32 bits per heavy atom. The third-order valence-corrected chi connectivity index (χ3v) is 4.06. The van der Waals surface area contributed by atoms with Crippen LogP contribution < -0.4 is 15.1 Å². The normalized spacial score (nSPS) is 20.0. The highest BCUT2D eigenvalue weighted by molar-refractivity contribution is 5.90. The minimum absolute atomic E-state index is 0.205. The summed E-state index contributed by atoms with van der Waals surface area (Å²) in [4.78, 5) is 15.0. The average Bonchev–Trinajstić information content (AvgIpc) is 2.97. The van der Waals surface area contributed by atoms with Crippen molar-refractivity contribution in [3.8, 4) is 6.07 Å². The maximum atomic E-state index is 14.5. The van der Waals surface area contributed by atoms with Gasteiger partial charge in [-0.15, -0.1) is 0 Å². The highest BCUT2D eigenvalue weighted by Gasteiger charge is 2.32. The molecule has 132 valence electrons. The Morgan fingerprint density at radius 3 is 2.96 bits per heavy atom. The van der Waals surface area contributed by atoms with Gasteiger partial charge in [-0.3, -0.25) is 9.91 Å². The van der Waals surface area contributed by atoms with Crippen LogP contribution in [0.4, 0.5) is 20.6 Å². The summed E-state index contributed by atoms with van der Waals surface area (Å²) in [6.45, 7) is 2.20. The predicted octanol–water partition coefficient (Wildman–Crippen LogP) is 0.959. The number of anilines is 2. The maximum Gasteiger partial charge on any atom is 0.414 e. The van der Waals surface area contributed by atoms with E-state index in [1.54, 1.807) is 29.1 Å². The van der Waals surface area contributed by atoms with Gasteiger partial charge in [-0.25, -0.2) is 9.18 Å². The molecule has 0 radical (unpaired) electrons. The summed E-state index contributed by atoms with van der Waals surface area (Å²) in [5, 5.41) is 17.4. The molecule has 0 spiro atoms. The molecule has 1 N–H and O–H groups in total. The fraction of sp³-hybridized carbons (Fsp3) is 0.438. The van der Waals surface area contributed by atoms with Crippen LogP contribution in [0.15, 0.2) is 23.3 Å². The molecule has 1 amide bonds. The lowest BCUT2D eigenvalue weighted by molar-refractivity contribution is 0.141. The van der Waals surface area contributed by atoms with Crippen LogP contribution in [0.5, 0.6) is 0 Å². The van der Waals surface area contributed by atoms with Crippen LogP contribution in [-0.2, 0) is 4.74 Å². The third-order valence-electron chi connectivity index (χ3n) is 4.06. The van der Waals surface area contributed by atoms with Gasteiger partial charge in [-0.1, -0.05) is 0 Å². The van der Waals surface area contributed by atoms with Gasteiger partial charge in [-0.2, -0.15) is 10.4 Å². The number of hydrogen-bond donors (Lipinski definition) is 1. The lowest BCUT2D eigenvalue weighted by atomic mass is 10.2.